The second kappa shape index (κ2) is 8.36. The first-order valence-electron chi connectivity index (χ1n) is 9.89. The number of nitrogens with zero attached hydrogens (tertiary/aromatic N) is 1. The van der Waals surface area contributed by atoms with Gasteiger partial charge in [0.2, 0.25) is 5.78 Å². The van der Waals surface area contributed by atoms with Crippen LogP contribution in [-0.2, 0) is 14.3 Å². The molecule has 0 saturated carbocycles. The van der Waals surface area contributed by atoms with Crippen LogP contribution in [0.4, 0.5) is 4.39 Å². The van der Waals surface area contributed by atoms with Gasteiger partial charge < -0.3 is 14.4 Å². The van der Waals surface area contributed by atoms with Gasteiger partial charge >= 0.3 is 0 Å². The predicted octanol–water partition coefficient (Wildman–Crippen LogP) is 2.96. The van der Waals surface area contributed by atoms with Crippen LogP contribution in [0.5, 0.6) is 5.75 Å². The quantitative estimate of drug-likeness (QED) is 0.415. The first kappa shape index (κ1) is 20.2. The summed E-state index contributed by atoms with van der Waals surface area (Å²) in [5, 5.41) is 0. The lowest BCUT2D eigenvalue weighted by molar-refractivity contribution is -0.141. The van der Waals surface area contributed by atoms with Gasteiger partial charge in [-0.3, -0.25) is 14.4 Å². The maximum atomic E-state index is 13.3. The molecule has 0 aliphatic carbocycles. The molecule has 4 rings (SSSR count). The molecule has 3 unspecified atom stereocenters. The molecular weight excluding hydrogens is 389 g/mol. The topological polar surface area (TPSA) is 72.9 Å². The van der Waals surface area contributed by atoms with Crippen molar-refractivity contribution in [1.29, 1.82) is 0 Å². The lowest BCUT2D eigenvalue weighted by atomic mass is 9.86. The highest BCUT2D eigenvalue weighted by molar-refractivity contribution is 6.44. The van der Waals surface area contributed by atoms with E-state index in [1.54, 1.807) is 31.4 Å². The molecule has 2 aromatic carbocycles. The molecular formula is C23H22FNO5. The third-order valence-corrected chi connectivity index (χ3v) is 5.70. The van der Waals surface area contributed by atoms with Gasteiger partial charge in [0.1, 0.15) is 17.5 Å². The number of ketones is 2. The number of ether oxygens (including phenoxy) is 2. The molecule has 2 aliphatic rings. The molecule has 30 heavy (non-hydrogen) atoms. The SMILES string of the molecule is COc1ccc(C2C(C(=O)c3ccc(F)cc3)C(=O)C(=O)N2CC2CCCO2)cc1. The minimum absolute atomic E-state index is 0.165. The summed E-state index contributed by atoms with van der Waals surface area (Å²) >= 11 is 0. The van der Waals surface area contributed by atoms with E-state index in [0.29, 0.717) is 17.9 Å². The van der Waals surface area contributed by atoms with Gasteiger partial charge in [0, 0.05) is 18.7 Å². The first-order chi connectivity index (χ1) is 14.5. The number of hydrogen-bond acceptors (Lipinski definition) is 5. The second-order valence-electron chi connectivity index (χ2n) is 7.52. The summed E-state index contributed by atoms with van der Waals surface area (Å²) in [5.41, 5.74) is 0.855. The monoisotopic (exact) mass is 411 g/mol. The van der Waals surface area contributed by atoms with Crippen LogP contribution in [0.25, 0.3) is 0 Å². The van der Waals surface area contributed by atoms with Crippen molar-refractivity contribution >= 4 is 17.5 Å². The molecule has 156 valence electrons. The van der Waals surface area contributed by atoms with E-state index in [1.807, 2.05) is 0 Å². The molecule has 2 heterocycles. The van der Waals surface area contributed by atoms with Crippen molar-refractivity contribution in [3.8, 4) is 5.75 Å². The van der Waals surface area contributed by atoms with Gasteiger partial charge in [-0.05, 0) is 54.8 Å². The summed E-state index contributed by atoms with van der Waals surface area (Å²) in [6, 6.07) is 11.2. The van der Waals surface area contributed by atoms with Crippen LogP contribution in [0.1, 0.15) is 34.8 Å². The normalized spacial score (nSPS) is 23.8. The number of methoxy groups -OCH3 is 1. The Labute approximate surface area is 173 Å². The zero-order valence-electron chi connectivity index (χ0n) is 16.5. The molecule has 0 bridgehead atoms. The summed E-state index contributed by atoms with van der Waals surface area (Å²) in [5.74, 6) is -2.98. The summed E-state index contributed by atoms with van der Waals surface area (Å²) in [4.78, 5) is 40.5. The number of Topliss-reactive ketones (excluding diaryl/α,β-unsaturated/α-hetero) is 2. The summed E-state index contributed by atoms with van der Waals surface area (Å²) < 4.78 is 24.2. The molecule has 2 fully saturated rings. The fraction of sp³-hybridized carbons (Fsp3) is 0.348. The van der Waals surface area contributed by atoms with E-state index in [0.717, 1.165) is 12.8 Å². The van der Waals surface area contributed by atoms with Gasteiger partial charge in [-0.1, -0.05) is 12.1 Å². The predicted molar refractivity (Wildman–Crippen MR) is 106 cm³/mol. The molecule has 0 N–H and O–H groups in total. The molecule has 2 saturated heterocycles. The van der Waals surface area contributed by atoms with E-state index in [9.17, 15) is 18.8 Å². The van der Waals surface area contributed by atoms with Gasteiger partial charge in [0.25, 0.3) is 5.91 Å². The van der Waals surface area contributed by atoms with Crippen LogP contribution in [0.2, 0.25) is 0 Å². The van der Waals surface area contributed by atoms with Crippen molar-refractivity contribution < 1.29 is 28.2 Å². The van der Waals surface area contributed by atoms with Crippen LogP contribution >= 0.6 is 0 Å². The average molecular weight is 411 g/mol. The van der Waals surface area contributed by atoms with E-state index in [-0.39, 0.29) is 18.2 Å². The van der Waals surface area contributed by atoms with Crippen molar-refractivity contribution in [1.82, 2.24) is 4.90 Å². The van der Waals surface area contributed by atoms with E-state index >= 15 is 0 Å². The Morgan fingerprint density at radius 2 is 1.83 bits per heavy atom. The molecule has 2 aliphatic heterocycles. The third kappa shape index (κ3) is 3.73. The van der Waals surface area contributed by atoms with Gasteiger partial charge in [-0.15, -0.1) is 0 Å². The Kier molecular flexibility index (Phi) is 5.63. The molecule has 2 aromatic rings. The maximum Gasteiger partial charge on any atom is 0.291 e. The number of rotatable bonds is 6. The highest BCUT2D eigenvalue weighted by Gasteiger charge is 2.52. The van der Waals surface area contributed by atoms with E-state index in [4.69, 9.17) is 9.47 Å². The highest BCUT2D eigenvalue weighted by Crippen LogP contribution is 2.39. The third-order valence-electron chi connectivity index (χ3n) is 5.70. The molecule has 1 amide bonds. The van der Waals surface area contributed by atoms with Crippen molar-refractivity contribution in [2.45, 2.75) is 25.0 Å². The largest absolute Gasteiger partial charge is 0.497 e. The van der Waals surface area contributed by atoms with Gasteiger partial charge in [0.15, 0.2) is 5.78 Å². The lowest BCUT2D eigenvalue weighted by Gasteiger charge is -2.29. The standard InChI is InChI=1S/C23H22FNO5/c1-29-17-10-6-14(7-11-17)20-19(21(26)15-4-8-16(24)9-5-15)22(27)23(28)25(20)13-18-3-2-12-30-18/h4-11,18-20H,2-3,12-13H2,1H3. The number of hydrogen-bond donors (Lipinski definition) is 0. The molecule has 6 nitrogen and oxygen atoms in total. The minimum Gasteiger partial charge on any atom is -0.497 e. The first-order valence-corrected chi connectivity index (χ1v) is 9.89. The van der Waals surface area contributed by atoms with Crippen LogP contribution in [0, 0.1) is 11.7 Å². The molecule has 7 heteroatoms. The number of carbonyl (C=O) groups is 3. The molecule has 0 radical (unpaired) electrons. The van der Waals surface area contributed by atoms with Crippen LogP contribution in [0.15, 0.2) is 48.5 Å². The Bertz CT molecular complexity index is 951. The van der Waals surface area contributed by atoms with Crippen molar-refractivity contribution in [2.24, 2.45) is 5.92 Å². The van der Waals surface area contributed by atoms with Gasteiger partial charge in [-0.2, -0.15) is 0 Å². The zero-order chi connectivity index (χ0) is 21.3. The Morgan fingerprint density at radius 1 is 1.13 bits per heavy atom. The smallest absolute Gasteiger partial charge is 0.291 e. The van der Waals surface area contributed by atoms with Crippen molar-refractivity contribution in [3.63, 3.8) is 0 Å². The number of benzene rings is 2. The van der Waals surface area contributed by atoms with Gasteiger partial charge in [0.05, 0.1) is 19.3 Å². The van der Waals surface area contributed by atoms with E-state index in [2.05, 4.69) is 0 Å². The molecule has 0 spiro atoms. The number of likely N-dealkylation sites (tertiary alicyclic amines) is 1. The highest BCUT2D eigenvalue weighted by atomic mass is 19.1. The lowest BCUT2D eigenvalue weighted by Crippen LogP contribution is -2.36. The van der Waals surface area contributed by atoms with E-state index < -0.39 is 35.3 Å². The minimum atomic E-state index is -1.20. The zero-order valence-corrected chi connectivity index (χ0v) is 16.5. The summed E-state index contributed by atoms with van der Waals surface area (Å²) in [6.07, 6.45) is 1.53. The van der Waals surface area contributed by atoms with Crippen molar-refractivity contribution in [3.05, 3.63) is 65.5 Å². The fourth-order valence-electron chi connectivity index (χ4n) is 4.16. The van der Waals surface area contributed by atoms with Crippen LogP contribution in [0.3, 0.4) is 0 Å². The Morgan fingerprint density at radius 3 is 2.43 bits per heavy atom. The molecule has 3 atom stereocenters. The van der Waals surface area contributed by atoms with E-state index in [1.165, 1.54) is 29.2 Å². The van der Waals surface area contributed by atoms with Crippen LogP contribution in [-0.4, -0.2) is 48.7 Å². The van der Waals surface area contributed by atoms with Gasteiger partial charge in [-0.25, -0.2) is 4.39 Å². The number of amides is 1. The number of carbonyl (C=O) groups excluding carboxylic acids is 3. The molecule has 0 aromatic heterocycles. The number of halogens is 1. The summed E-state index contributed by atoms with van der Waals surface area (Å²) in [7, 11) is 1.54. The Balaban J connectivity index is 1.72. The fourth-order valence-corrected chi connectivity index (χ4v) is 4.16. The maximum absolute atomic E-state index is 13.3. The summed E-state index contributed by atoms with van der Waals surface area (Å²) in [6.45, 7) is 0.861. The second-order valence-corrected chi connectivity index (χ2v) is 7.52. The Hall–Kier alpha value is -3.06. The average Bonchev–Trinajstić information content (AvgIpc) is 3.36. The van der Waals surface area contributed by atoms with Crippen molar-refractivity contribution in [2.75, 3.05) is 20.3 Å². The van der Waals surface area contributed by atoms with Crippen LogP contribution < -0.4 is 4.74 Å².